The second kappa shape index (κ2) is 5.38. The van der Waals surface area contributed by atoms with Crippen molar-refractivity contribution in [3.63, 3.8) is 0 Å². The van der Waals surface area contributed by atoms with E-state index < -0.39 is 11.9 Å². The molecular weight excluding hydrogens is 214 g/mol. The molecule has 1 unspecified atom stereocenters. The highest BCUT2D eigenvalue weighted by Crippen LogP contribution is 2.13. The Bertz CT molecular complexity index is 381. The third-order valence-corrected chi connectivity index (χ3v) is 2.25. The molecule has 0 N–H and O–H groups in total. The summed E-state index contributed by atoms with van der Waals surface area (Å²) < 4.78 is 4.51. The summed E-state index contributed by atoms with van der Waals surface area (Å²) in [6.07, 6.45) is 0.348. The van der Waals surface area contributed by atoms with Gasteiger partial charge >= 0.3 is 5.97 Å². The third kappa shape index (κ3) is 3.26. The van der Waals surface area contributed by atoms with Crippen molar-refractivity contribution in [1.29, 1.82) is 5.26 Å². The van der Waals surface area contributed by atoms with Crippen LogP contribution in [0.5, 0.6) is 0 Å². The van der Waals surface area contributed by atoms with Crippen LogP contribution in [0.25, 0.3) is 0 Å². The number of hydrogen-bond acceptors (Lipinski definition) is 3. The molecule has 1 rings (SSSR count). The van der Waals surface area contributed by atoms with Gasteiger partial charge in [-0.25, -0.2) is 0 Å². The van der Waals surface area contributed by atoms with E-state index in [0.29, 0.717) is 11.4 Å². The van der Waals surface area contributed by atoms with Crippen LogP contribution in [0.4, 0.5) is 0 Å². The quantitative estimate of drug-likeness (QED) is 0.738. The number of ether oxygens (including phenoxy) is 1. The minimum absolute atomic E-state index is 0.348. The van der Waals surface area contributed by atoms with E-state index in [1.807, 2.05) is 6.07 Å². The van der Waals surface area contributed by atoms with Crippen LogP contribution in [0.15, 0.2) is 24.3 Å². The zero-order valence-electron chi connectivity index (χ0n) is 8.24. The Morgan fingerprint density at radius 3 is 2.60 bits per heavy atom. The number of hydrogen-bond donors (Lipinski definition) is 0. The lowest BCUT2D eigenvalue weighted by Gasteiger charge is -2.06. The number of nitriles is 1. The van der Waals surface area contributed by atoms with E-state index >= 15 is 0 Å². The molecular formula is C11H10ClNO2. The molecule has 0 saturated carbocycles. The number of carbonyl (C=O) groups excluding carboxylic acids is 1. The first-order valence-corrected chi connectivity index (χ1v) is 4.77. The molecule has 0 heterocycles. The van der Waals surface area contributed by atoms with Gasteiger partial charge in [-0.05, 0) is 24.1 Å². The first-order valence-electron chi connectivity index (χ1n) is 4.39. The molecule has 1 atom stereocenters. The standard InChI is InChI=1S/C11H10ClNO2/c1-15-11(14)9(7-13)6-8-2-4-10(12)5-3-8/h2-5,9H,6H2,1H3. The highest BCUT2D eigenvalue weighted by Gasteiger charge is 2.18. The lowest BCUT2D eigenvalue weighted by Crippen LogP contribution is -2.16. The third-order valence-electron chi connectivity index (χ3n) is 1.99. The maximum absolute atomic E-state index is 11.1. The number of carbonyl (C=O) groups is 1. The molecule has 1 aromatic rings. The zero-order valence-corrected chi connectivity index (χ0v) is 8.99. The number of nitrogens with zero attached hydrogens (tertiary/aromatic N) is 1. The van der Waals surface area contributed by atoms with Crippen molar-refractivity contribution in [3.8, 4) is 6.07 Å². The van der Waals surface area contributed by atoms with Crippen molar-refractivity contribution in [2.45, 2.75) is 6.42 Å². The van der Waals surface area contributed by atoms with Gasteiger partial charge in [-0.3, -0.25) is 4.79 Å². The fraction of sp³-hybridized carbons (Fsp3) is 0.273. The molecule has 4 heteroatoms. The molecule has 0 fully saturated rings. The fourth-order valence-electron chi connectivity index (χ4n) is 1.18. The molecule has 0 bridgehead atoms. The van der Waals surface area contributed by atoms with Crippen molar-refractivity contribution in [3.05, 3.63) is 34.9 Å². The molecule has 15 heavy (non-hydrogen) atoms. The topological polar surface area (TPSA) is 50.1 Å². The van der Waals surface area contributed by atoms with Gasteiger partial charge in [0.2, 0.25) is 0 Å². The second-order valence-corrected chi connectivity index (χ2v) is 3.47. The average Bonchev–Trinajstić information content (AvgIpc) is 2.27. The van der Waals surface area contributed by atoms with Crippen LogP contribution < -0.4 is 0 Å². The summed E-state index contributed by atoms with van der Waals surface area (Å²) in [5, 5.41) is 9.40. The van der Waals surface area contributed by atoms with E-state index in [1.54, 1.807) is 24.3 Å². The molecule has 0 radical (unpaired) electrons. The number of methoxy groups -OCH3 is 1. The largest absolute Gasteiger partial charge is 0.468 e. The Balaban J connectivity index is 2.72. The SMILES string of the molecule is COC(=O)C(C#N)Cc1ccc(Cl)cc1. The van der Waals surface area contributed by atoms with Crippen LogP contribution in [-0.4, -0.2) is 13.1 Å². The highest BCUT2D eigenvalue weighted by atomic mass is 35.5. The van der Waals surface area contributed by atoms with Gasteiger partial charge in [-0.2, -0.15) is 5.26 Å². The first-order chi connectivity index (χ1) is 7.17. The fourth-order valence-corrected chi connectivity index (χ4v) is 1.31. The van der Waals surface area contributed by atoms with E-state index in [2.05, 4.69) is 4.74 Å². The van der Waals surface area contributed by atoms with Crippen LogP contribution in [0.1, 0.15) is 5.56 Å². The Hall–Kier alpha value is -1.53. The molecule has 0 aliphatic rings. The minimum atomic E-state index is -0.754. The number of esters is 1. The number of halogens is 1. The molecule has 1 aromatic carbocycles. The second-order valence-electron chi connectivity index (χ2n) is 3.04. The van der Waals surface area contributed by atoms with Crippen molar-refractivity contribution >= 4 is 17.6 Å². The van der Waals surface area contributed by atoms with Gasteiger partial charge < -0.3 is 4.74 Å². The Labute approximate surface area is 93.2 Å². The maximum Gasteiger partial charge on any atom is 0.323 e. The zero-order chi connectivity index (χ0) is 11.3. The lowest BCUT2D eigenvalue weighted by molar-refractivity contribution is -0.143. The Morgan fingerprint density at radius 1 is 1.53 bits per heavy atom. The summed E-state index contributed by atoms with van der Waals surface area (Å²) in [5.41, 5.74) is 0.886. The van der Waals surface area contributed by atoms with E-state index in [4.69, 9.17) is 16.9 Å². The van der Waals surface area contributed by atoms with Crippen molar-refractivity contribution in [1.82, 2.24) is 0 Å². The van der Waals surface area contributed by atoms with Gasteiger partial charge in [0.25, 0.3) is 0 Å². The molecule has 0 aliphatic heterocycles. The maximum atomic E-state index is 11.1. The van der Waals surface area contributed by atoms with Crippen LogP contribution in [0, 0.1) is 17.2 Å². The highest BCUT2D eigenvalue weighted by molar-refractivity contribution is 6.30. The number of benzene rings is 1. The van der Waals surface area contributed by atoms with Crippen LogP contribution >= 0.6 is 11.6 Å². The smallest absolute Gasteiger partial charge is 0.323 e. The summed E-state index contributed by atoms with van der Waals surface area (Å²) in [5.74, 6) is -1.26. The number of rotatable bonds is 3. The summed E-state index contributed by atoms with van der Waals surface area (Å²) >= 11 is 5.72. The predicted octanol–water partition coefficient (Wildman–Crippen LogP) is 2.20. The predicted molar refractivity (Wildman–Crippen MR) is 56.3 cm³/mol. The summed E-state index contributed by atoms with van der Waals surface area (Å²) in [6.45, 7) is 0. The van der Waals surface area contributed by atoms with Crippen LogP contribution in [0.3, 0.4) is 0 Å². The van der Waals surface area contributed by atoms with Gasteiger partial charge in [0.15, 0.2) is 0 Å². The van der Waals surface area contributed by atoms with Crippen LogP contribution in [0.2, 0.25) is 5.02 Å². The van der Waals surface area contributed by atoms with Gasteiger partial charge in [0.05, 0.1) is 13.2 Å². The van der Waals surface area contributed by atoms with Gasteiger partial charge in [-0.1, -0.05) is 23.7 Å². The molecule has 0 amide bonds. The minimum Gasteiger partial charge on any atom is -0.468 e. The van der Waals surface area contributed by atoms with Gasteiger partial charge in [0.1, 0.15) is 5.92 Å². The summed E-state index contributed by atoms with van der Waals surface area (Å²) in [7, 11) is 1.27. The Kier molecular flexibility index (Phi) is 4.14. The molecule has 0 saturated heterocycles. The van der Waals surface area contributed by atoms with Crippen molar-refractivity contribution in [2.75, 3.05) is 7.11 Å². The summed E-state index contributed by atoms with van der Waals surface area (Å²) in [6, 6.07) is 8.93. The van der Waals surface area contributed by atoms with Crippen molar-refractivity contribution < 1.29 is 9.53 Å². The van der Waals surface area contributed by atoms with E-state index in [1.165, 1.54) is 7.11 Å². The summed E-state index contributed by atoms with van der Waals surface area (Å²) in [4.78, 5) is 11.1. The van der Waals surface area contributed by atoms with E-state index in [-0.39, 0.29) is 0 Å². The Morgan fingerprint density at radius 2 is 2.13 bits per heavy atom. The van der Waals surface area contributed by atoms with Crippen molar-refractivity contribution in [2.24, 2.45) is 5.92 Å². The lowest BCUT2D eigenvalue weighted by atomic mass is 10.0. The molecule has 0 spiro atoms. The van der Waals surface area contributed by atoms with E-state index in [9.17, 15) is 4.79 Å². The first kappa shape index (κ1) is 11.5. The normalized spacial score (nSPS) is 11.5. The molecule has 0 aromatic heterocycles. The van der Waals surface area contributed by atoms with E-state index in [0.717, 1.165) is 5.56 Å². The molecule has 78 valence electrons. The van der Waals surface area contributed by atoms with Crippen LogP contribution in [-0.2, 0) is 16.0 Å². The average molecular weight is 224 g/mol. The monoisotopic (exact) mass is 223 g/mol. The van der Waals surface area contributed by atoms with Gasteiger partial charge in [-0.15, -0.1) is 0 Å². The molecule has 0 aliphatic carbocycles. The molecule has 3 nitrogen and oxygen atoms in total. The van der Waals surface area contributed by atoms with Gasteiger partial charge in [0, 0.05) is 5.02 Å².